The maximum atomic E-state index is 13.3. The number of hydrogen-bond acceptors (Lipinski definition) is 5. The number of hydrogen-bond donors (Lipinski definition) is 0. The third-order valence-electron chi connectivity index (χ3n) is 4.24. The molecule has 0 N–H and O–H groups in total. The topological polar surface area (TPSA) is 65.0 Å². The van der Waals surface area contributed by atoms with Crippen LogP contribution in [0.15, 0.2) is 93.7 Å². The van der Waals surface area contributed by atoms with Gasteiger partial charge in [-0.3, -0.25) is 0 Å². The minimum absolute atomic E-state index is 0.410. The Labute approximate surface area is 184 Å². The fourth-order valence-corrected chi connectivity index (χ4v) is 3.79. The van der Waals surface area contributed by atoms with Crippen molar-refractivity contribution in [1.82, 2.24) is 0 Å². The zero-order valence-electron chi connectivity index (χ0n) is 18.0. The number of ether oxygens (including phenoxy) is 2. The molecule has 6 heteroatoms. The van der Waals surface area contributed by atoms with Gasteiger partial charge in [-0.05, 0) is 43.3 Å². The smallest absolute Gasteiger partial charge is 0.333 e. The molecular formula is C25H25NO4S. The van der Waals surface area contributed by atoms with Crippen LogP contribution >= 0.6 is 0 Å². The van der Waals surface area contributed by atoms with Gasteiger partial charge in [-0.15, -0.1) is 0 Å². The second-order valence-electron chi connectivity index (χ2n) is 6.51. The summed E-state index contributed by atoms with van der Waals surface area (Å²) in [5.41, 5.74) is 2.21. The Kier molecular flexibility index (Phi) is 8.42. The maximum absolute atomic E-state index is 13.3. The Balaban J connectivity index is 2.45. The van der Waals surface area contributed by atoms with Crippen molar-refractivity contribution in [2.24, 2.45) is 4.36 Å². The van der Waals surface area contributed by atoms with Crippen molar-refractivity contribution < 1.29 is 18.5 Å². The molecule has 0 aliphatic rings. The van der Waals surface area contributed by atoms with Gasteiger partial charge in [0.15, 0.2) is 0 Å². The Morgan fingerprint density at radius 3 is 2.55 bits per heavy atom. The molecule has 0 radical (unpaired) electrons. The van der Waals surface area contributed by atoms with Crippen molar-refractivity contribution in [2.75, 3.05) is 20.5 Å². The molecule has 2 aromatic carbocycles. The number of nitrogens with zero attached hydrogens (tertiary/aromatic N) is 1. The largest absolute Gasteiger partial charge is 0.497 e. The second kappa shape index (κ2) is 11.0. The molecule has 0 amide bonds. The Morgan fingerprint density at radius 2 is 1.87 bits per heavy atom. The SMILES string of the molecule is C=C/C(C#Cc1ccccc1N=S(C)(=O)c1cccc(OC)c1)=C\C=C(/C)C(=O)OC. The van der Waals surface area contributed by atoms with Crippen LogP contribution in [-0.4, -0.2) is 30.7 Å². The van der Waals surface area contributed by atoms with Gasteiger partial charge in [0, 0.05) is 17.4 Å². The van der Waals surface area contributed by atoms with E-state index < -0.39 is 15.7 Å². The summed E-state index contributed by atoms with van der Waals surface area (Å²) >= 11 is 0. The zero-order chi connectivity index (χ0) is 22.9. The third-order valence-corrected chi connectivity index (χ3v) is 5.91. The number of rotatable bonds is 6. The summed E-state index contributed by atoms with van der Waals surface area (Å²) in [6.45, 7) is 5.41. The Hall–Kier alpha value is -3.56. The van der Waals surface area contributed by atoms with Crippen molar-refractivity contribution >= 4 is 21.4 Å². The van der Waals surface area contributed by atoms with Crippen LogP contribution in [0.5, 0.6) is 5.75 Å². The maximum Gasteiger partial charge on any atom is 0.333 e. The lowest BCUT2D eigenvalue weighted by Gasteiger charge is -2.07. The van der Waals surface area contributed by atoms with E-state index in [1.165, 1.54) is 7.11 Å². The minimum atomic E-state index is -2.71. The van der Waals surface area contributed by atoms with E-state index in [-0.39, 0.29) is 0 Å². The van der Waals surface area contributed by atoms with E-state index in [0.29, 0.717) is 33.0 Å². The standard InChI is InChI=1S/C25H25NO4S/c1-6-20(15-14-19(2)25(27)30-4)16-17-21-10-7-8-13-24(21)26-31(5,28)23-12-9-11-22(18-23)29-3/h6-15,18H,1H2,2-5H3/b19-14+,20-15+. The number of allylic oxidation sites excluding steroid dienone is 4. The number of benzene rings is 2. The lowest BCUT2D eigenvalue weighted by atomic mass is 10.1. The van der Waals surface area contributed by atoms with Gasteiger partial charge in [-0.25, -0.2) is 9.00 Å². The highest BCUT2D eigenvalue weighted by molar-refractivity contribution is 7.93. The highest BCUT2D eigenvalue weighted by atomic mass is 32.2. The van der Waals surface area contributed by atoms with Gasteiger partial charge < -0.3 is 9.47 Å². The van der Waals surface area contributed by atoms with E-state index in [2.05, 4.69) is 27.5 Å². The summed E-state index contributed by atoms with van der Waals surface area (Å²) in [6.07, 6.45) is 6.48. The molecule has 2 aromatic rings. The first kappa shape index (κ1) is 23.7. The van der Waals surface area contributed by atoms with E-state index in [1.54, 1.807) is 68.8 Å². The van der Waals surface area contributed by atoms with Crippen LogP contribution in [0, 0.1) is 11.8 Å². The molecule has 0 spiro atoms. The number of methoxy groups -OCH3 is 2. The molecule has 0 bridgehead atoms. The predicted octanol–water partition coefficient (Wildman–Crippen LogP) is 5.07. The van der Waals surface area contributed by atoms with Crippen LogP contribution in [0.3, 0.4) is 0 Å². The summed E-state index contributed by atoms with van der Waals surface area (Å²) in [7, 11) is 0.174. The summed E-state index contributed by atoms with van der Waals surface area (Å²) in [4.78, 5) is 12.1. The Bertz CT molecular complexity index is 1220. The second-order valence-corrected chi connectivity index (χ2v) is 8.77. The lowest BCUT2D eigenvalue weighted by molar-refractivity contribution is -0.136. The van der Waals surface area contributed by atoms with Crippen LogP contribution in [0.4, 0.5) is 5.69 Å². The van der Waals surface area contributed by atoms with E-state index in [0.717, 1.165) is 0 Å². The van der Waals surface area contributed by atoms with Crippen LogP contribution < -0.4 is 4.74 Å². The zero-order valence-corrected chi connectivity index (χ0v) is 18.9. The Morgan fingerprint density at radius 1 is 1.13 bits per heavy atom. The van der Waals surface area contributed by atoms with E-state index in [9.17, 15) is 9.00 Å². The molecular weight excluding hydrogens is 410 g/mol. The molecule has 0 saturated heterocycles. The van der Waals surface area contributed by atoms with E-state index in [4.69, 9.17) is 4.74 Å². The van der Waals surface area contributed by atoms with Gasteiger partial charge in [0.25, 0.3) is 0 Å². The molecule has 0 aliphatic carbocycles. The van der Waals surface area contributed by atoms with E-state index in [1.807, 2.05) is 18.2 Å². The third kappa shape index (κ3) is 6.73. The molecule has 0 fully saturated rings. The molecule has 31 heavy (non-hydrogen) atoms. The van der Waals surface area contributed by atoms with Gasteiger partial charge in [-0.1, -0.05) is 48.8 Å². The van der Waals surface area contributed by atoms with Crippen molar-refractivity contribution in [3.63, 3.8) is 0 Å². The number of esters is 1. The van der Waals surface area contributed by atoms with E-state index >= 15 is 0 Å². The van der Waals surface area contributed by atoms with Crippen molar-refractivity contribution in [1.29, 1.82) is 0 Å². The van der Waals surface area contributed by atoms with Crippen LogP contribution in [-0.2, 0) is 19.3 Å². The van der Waals surface area contributed by atoms with Crippen LogP contribution in [0.1, 0.15) is 12.5 Å². The van der Waals surface area contributed by atoms with Crippen molar-refractivity contribution in [2.45, 2.75) is 11.8 Å². The molecule has 5 nitrogen and oxygen atoms in total. The molecule has 2 rings (SSSR count). The lowest BCUT2D eigenvalue weighted by Crippen LogP contribution is -2.00. The van der Waals surface area contributed by atoms with Gasteiger partial charge >= 0.3 is 5.97 Å². The summed E-state index contributed by atoms with van der Waals surface area (Å²) in [5, 5.41) is 0. The minimum Gasteiger partial charge on any atom is -0.497 e. The fraction of sp³-hybridized carbons (Fsp3) is 0.160. The molecule has 1 unspecified atom stereocenters. The van der Waals surface area contributed by atoms with Crippen molar-refractivity contribution in [3.05, 3.63) is 90.0 Å². The molecule has 0 aromatic heterocycles. The average Bonchev–Trinajstić information content (AvgIpc) is 2.79. The first-order valence-corrected chi connectivity index (χ1v) is 11.3. The van der Waals surface area contributed by atoms with Gasteiger partial charge in [-0.2, -0.15) is 4.36 Å². The molecule has 0 heterocycles. The first-order valence-electron chi connectivity index (χ1n) is 9.37. The summed E-state index contributed by atoms with van der Waals surface area (Å²) in [6, 6.07) is 14.3. The molecule has 0 aliphatic heterocycles. The summed E-state index contributed by atoms with van der Waals surface area (Å²) < 4.78 is 27.7. The van der Waals surface area contributed by atoms with Gasteiger partial charge in [0.1, 0.15) is 5.75 Å². The highest BCUT2D eigenvalue weighted by Crippen LogP contribution is 2.25. The van der Waals surface area contributed by atoms with Gasteiger partial charge in [0.2, 0.25) is 0 Å². The quantitative estimate of drug-likeness (QED) is 0.275. The fourth-order valence-electron chi connectivity index (χ4n) is 2.48. The number of carbonyl (C=O) groups excluding carboxylic acids is 1. The predicted molar refractivity (Wildman–Crippen MR) is 125 cm³/mol. The van der Waals surface area contributed by atoms with Crippen molar-refractivity contribution in [3.8, 4) is 17.6 Å². The van der Waals surface area contributed by atoms with Gasteiger partial charge in [0.05, 0.1) is 40.1 Å². The van der Waals surface area contributed by atoms with Crippen LogP contribution in [0.25, 0.3) is 0 Å². The summed E-state index contributed by atoms with van der Waals surface area (Å²) in [5.74, 6) is 6.26. The first-order chi connectivity index (χ1) is 14.8. The van der Waals surface area contributed by atoms with Crippen LogP contribution in [0.2, 0.25) is 0 Å². The molecule has 1 atom stereocenters. The molecule has 160 valence electrons. The molecule has 0 saturated carbocycles. The normalized spacial score (nSPS) is 13.3. The average molecular weight is 436 g/mol. The monoisotopic (exact) mass is 435 g/mol. The highest BCUT2D eigenvalue weighted by Gasteiger charge is 2.09. The number of carbonyl (C=O) groups is 1.